The second-order valence-electron chi connectivity index (χ2n) is 13.4. The van der Waals surface area contributed by atoms with Crippen molar-refractivity contribution in [2.75, 3.05) is 0 Å². The van der Waals surface area contributed by atoms with Gasteiger partial charge in [-0.1, -0.05) is 118 Å². The molecular weight excluding hydrogens is 451 g/mol. The molecule has 0 saturated heterocycles. The van der Waals surface area contributed by atoms with Crippen molar-refractivity contribution in [1.82, 2.24) is 0 Å². The van der Waals surface area contributed by atoms with Gasteiger partial charge in [0, 0.05) is 5.46 Å². The van der Waals surface area contributed by atoms with Gasteiger partial charge in [-0.3, -0.25) is 0 Å². The summed E-state index contributed by atoms with van der Waals surface area (Å²) < 4.78 is 13.2. The quantitative estimate of drug-likeness (QED) is 0.289. The molecule has 0 radical (unpaired) electrons. The third-order valence-corrected chi connectivity index (χ3v) is 6.99. The Morgan fingerprint density at radius 3 is 1.35 bits per heavy atom. The molecule has 0 aliphatic carbocycles. The maximum Gasteiger partial charge on any atom is 0.632 e. The lowest BCUT2D eigenvalue weighted by atomic mass is 9.72. The second kappa shape index (κ2) is 11.4. The van der Waals surface area contributed by atoms with Gasteiger partial charge in [-0.05, 0) is 75.6 Å². The summed E-state index contributed by atoms with van der Waals surface area (Å²) in [6.07, 6.45) is 3.28. The Morgan fingerprint density at radius 1 is 0.568 bits per heavy atom. The van der Waals surface area contributed by atoms with Crippen molar-refractivity contribution < 1.29 is 9.31 Å². The second-order valence-corrected chi connectivity index (χ2v) is 13.4. The normalized spacial score (nSPS) is 12.4. The first kappa shape index (κ1) is 28.9. The predicted molar refractivity (Wildman–Crippen MR) is 161 cm³/mol. The van der Waals surface area contributed by atoms with E-state index in [2.05, 4.69) is 136 Å². The van der Waals surface area contributed by atoms with Crippen LogP contribution in [0.25, 0.3) is 0 Å². The summed E-state index contributed by atoms with van der Waals surface area (Å²) >= 11 is 0. The fourth-order valence-corrected chi connectivity index (χ4v) is 4.35. The molecule has 0 aliphatic heterocycles. The maximum atomic E-state index is 6.59. The molecule has 0 unspecified atom stereocenters. The van der Waals surface area contributed by atoms with Crippen LogP contribution in [0, 0.1) is 0 Å². The third-order valence-electron chi connectivity index (χ3n) is 6.99. The Kier molecular flexibility index (Phi) is 8.88. The Balaban J connectivity index is 2.02. The number of aryl methyl sites for hydroxylation is 1. The average Bonchev–Trinajstić information content (AvgIpc) is 2.81. The summed E-state index contributed by atoms with van der Waals surface area (Å²) in [5, 5.41) is 0. The SMILES string of the molecule is CCCCc1cc(C(C)(C)C)ccc1B(Oc1ccc(C(C)(C)C)cc1)Oc1ccc(C(C)(C)C)cc1. The van der Waals surface area contributed by atoms with Gasteiger partial charge in [-0.15, -0.1) is 0 Å². The molecule has 0 amide bonds. The topological polar surface area (TPSA) is 18.5 Å². The molecule has 3 aromatic rings. The monoisotopic (exact) mass is 498 g/mol. The van der Waals surface area contributed by atoms with E-state index in [9.17, 15) is 0 Å². The zero-order valence-electron chi connectivity index (χ0n) is 24.9. The highest BCUT2D eigenvalue weighted by atomic mass is 16.6. The van der Waals surface area contributed by atoms with Crippen LogP contribution in [-0.2, 0) is 22.7 Å². The average molecular weight is 499 g/mol. The molecule has 0 aliphatic rings. The van der Waals surface area contributed by atoms with Crippen molar-refractivity contribution in [3.63, 3.8) is 0 Å². The van der Waals surface area contributed by atoms with E-state index in [1.807, 2.05) is 0 Å². The third kappa shape index (κ3) is 7.90. The van der Waals surface area contributed by atoms with Gasteiger partial charge in [0.05, 0.1) is 0 Å². The van der Waals surface area contributed by atoms with Gasteiger partial charge in [0.25, 0.3) is 0 Å². The van der Waals surface area contributed by atoms with E-state index in [0.29, 0.717) is 0 Å². The molecule has 198 valence electrons. The van der Waals surface area contributed by atoms with E-state index < -0.39 is 7.12 Å². The number of unbranched alkanes of at least 4 members (excludes halogenated alkanes) is 1. The Bertz CT molecular complexity index is 1080. The first-order valence-electron chi connectivity index (χ1n) is 13.9. The largest absolute Gasteiger partial charge is 0.632 e. The van der Waals surface area contributed by atoms with Crippen LogP contribution in [0.15, 0.2) is 66.7 Å². The summed E-state index contributed by atoms with van der Waals surface area (Å²) in [7, 11) is -0.540. The van der Waals surface area contributed by atoms with Crippen molar-refractivity contribution in [1.29, 1.82) is 0 Å². The Hall–Kier alpha value is -2.68. The van der Waals surface area contributed by atoms with Gasteiger partial charge in [-0.2, -0.15) is 0 Å². The van der Waals surface area contributed by atoms with E-state index in [-0.39, 0.29) is 16.2 Å². The van der Waals surface area contributed by atoms with Gasteiger partial charge < -0.3 is 9.31 Å². The lowest BCUT2D eigenvalue weighted by Gasteiger charge is -2.25. The van der Waals surface area contributed by atoms with Crippen LogP contribution in [0.1, 0.15) is 104 Å². The van der Waals surface area contributed by atoms with Gasteiger partial charge in [0.1, 0.15) is 11.5 Å². The number of hydrogen-bond acceptors (Lipinski definition) is 2. The zero-order chi connectivity index (χ0) is 27.4. The van der Waals surface area contributed by atoms with Crippen LogP contribution in [0.3, 0.4) is 0 Å². The molecule has 3 heteroatoms. The molecule has 0 bridgehead atoms. The van der Waals surface area contributed by atoms with Crippen LogP contribution < -0.4 is 14.8 Å². The smallest absolute Gasteiger partial charge is 0.522 e. The molecule has 0 N–H and O–H groups in total. The molecule has 0 heterocycles. The van der Waals surface area contributed by atoms with Crippen LogP contribution >= 0.6 is 0 Å². The van der Waals surface area contributed by atoms with Crippen molar-refractivity contribution in [3.05, 3.63) is 89.0 Å². The standard InChI is InChI=1S/C34H47BO2/c1-11-12-13-25-24-28(34(8,9)10)18-23-31(25)35(36-29-19-14-26(15-20-29)32(2,3)4)37-30-21-16-27(17-22-30)33(5,6)7/h14-24H,11-13H2,1-10H3. The van der Waals surface area contributed by atoms with Crippen LogP contribution in [0.4, 0.5) is 0 Å². The highest BCUT2D eigenvalue weighted by molar-refractivity contribution is 6.63. The van der Waals surface area contributed by atoms with Crippen molar-refractivity contribution in [2.45, 2.75) is 105 Å². The van der Waals surface area contributed by atoms with Crippen molar-refractivity contribution in [2.24, 2.45) is 0 Å². The van der Waals surface area contributed by atoms with Crippen molar-refractivity contribution >= 4 is 12.6 Å². The van der Waals surface area contributed by atoms with E-state index in [1.165, 1.54) is 22.3 Å². The minimum Gasteiger partial charge on any atom is -0.522 e. The van der Waals surface area contributed by atoms with Crippen molar-refractivity contribution in [3.8, 4) is 11.5 Å². The van der Waals surface area contributed by atoms with Crippen LogP contribution in [0.5, 0.6) is 11.5 Å². The number of rotatable bonds is 8. The summed E-state index contributed by atoms with van der Waals surface area (Å²) in [6.45, 7) is 22.4. The number of hydrogen-bond donors (Lipinski definition) is 0. The fourth-order valence-electron chi connectivity index (χ4n) is 4.35. The molecule has 0 saturated carbocycles. The first-order valence-corrected chi connectivity index (χ1v) is 13.9. The van der Waals surface area contributed by atoms with Gasteiger partial charge in [0.2, 0.25) is 0 Å². The predicted octanol–water partition coefficient (Wildman–Crippen LogP) is 8.77. The maximum absolute atomic E-state index is 6.59. The summed E-state index contributed by atoms with van der Waals surface area (Å²) in [5.74, 6) is 1.62. The fraction of sp³-hybridized carbons (Fsp3) is 0.471. The van der Waals surface area contributed by atoms with Gasteiger partial charge in [-0.25, -0.2) is 0 Å². The molecular formula is C34H47BO2. The van der Waals surface area contributed by atoms with E-state index in [4.69, 9.17) is 9.31 Å². The minimum absolute atomic E-state index is 0.0856. The zero-order valence-corrected chi connectivity index (χ0v) is 24.9. The lowest BCUT2D eigenvalue weighted by molar-refractivity contribution is 0.438. The van der Waals surface area contributed by atoms with E-state index in [1.54, 1.807) is 0 Å². The molecule has 37 heavy (non-hydrogen) atoms. The van der Waals surface area contributed by atoms with Crippen LogP contribution in [0.2, 0.25) is 0 Å². The van der Waals surface area contributed by atoms with E-state index >= 15 is 0 Å². The Labute approximate surface area is 227 Å². The molecule has 3 rings (SSSR count). The summed E-state index contributed by atoms with van der Waals surface area (Å²) in [4.78, 5) is 0. The van der Waals surface area contributed by atoms with Gasteiger partial charge >= 0.3 is 7.12 Å². The van der Waals surface area contributed by atoms with E-state index in [0.717, 1.165) is 36.2 Å². The highest BCUT2D eigenvalue weighted by Crippen LogP contribution is 2.28. The first-order chi connectivity index (χ1) is 17.2. The summed E-state index contributed by atoms with van der Waals surface area (Å²) in [6, 6.07) is 23.7. The van der Waals surface area contributed by atoms with Crippen LogP contribution in [-0.4, -0.2) is 7.12 Å². The minimum atomic E-state index is -0.540. The molecule has 3 aromatic carbocycles. The molecule has 2 nitrogen and oxygen atoms in total. The number of benzene rings is 3. The van der Waals surface area contributed by atoms with Gasteiger partial charge in [0.15, 0.2) is 0 Å². The molecule has 0 fully saturated rings. The highest BCUT2D eigenvalue weighted by Gasteiger charge is 2.31. The molecule has 0 aromatic heterocycles. The molecule has 0 spiro atoms. The molecule has 0 atom stereocenters. The summed E-state index contributed by atoms with van der Waals surface area (Å²) in [5.41, 5.74) is 6.59. The Morgan fingerprint density at radius 2 is 0.973 bits per heavy atom. The lowest BCUT2D eigenvalue weighted by Crippen LogP contribution is -2.45.